The molecule has 0 aliphatic rings. The summed E-state index contributed by atoms with van der Waals surface area (Å²) in [5.74, 6) is -0.882. The maximum atomic E-state index is 13.0. The summed E-state index contributed by atoms with van der Waals surface area (Å²) in [5.41, 5.74) is 0. The number of rotatable bonds is 65. The van der Waals surface area contributed by atoms with Gasteiger partial charge in [0.05, 0.1) is 0 Å². The molecule has 0 fully saturated rings. The topological polar surface area (TPSA) is 78.9 Å². The predicted molar refractivity (Wildman–Crippen MR) is 362 cm³/mol. The summed E-state index contributed by atoms with van der Waals surface area (Å²) < 4.78 is 17.0. The summed E-state index contributed by atoms with van der Waals surface area (Å²) in [6.07, 6.45) is 95.7. The van der Waals surface area contributed by atoms with Gasteiger partial charge in [-0.25, -0.2) is 0 Å². The van der Waals surface area contributed by atoms with Gasteiger partial charge in [0.1, 0.15) is 13.2 Å². The molecular weight excluding hydrogens is 1020 g/mol. The molecule has 0 aliphatic carbocycles. The van der Waals surface area contributed by atoms with Crippen LogP contribution in [0.15, 0.2) is 97.2 Å². The van der Waals surface area contributed by atoms with Crippen molar-refractivity contribution in [2.75, 3.05) is 13.2 Å². The third-order valence-corrected chi connectivity index (χ3v) is 15.5. The zero-order valence-electron chi connectivity index (χ0n) is 54.9. The van der Waals surface area contributed by atoms with Crippen LogP contribution >= 0.6 is 0 Å². The van der Waals surface area contributed by atoms with Gasteiger partial charge < -0.3 is 14.2 Å². The maximum absolute atomic E-state index is 13.0. The van der Waals surface area contributed by atoms with Crippen LogP contribution in [0.5, 0.6) is 0 Å². The van der Waals surface area contributed by atoms with Crippen molar-refractivity contribution in [3.8, 4) is 0 Å². The Balaban J connectivity index is 4.29. The molecule has 0 aromatic rings. The summed E-state index contributed by atoms with van der Waals surface area (Å²) >= 11 is 0. The number of hydrogen-bond acceptors (Lipinski definition) is 6. The second kappa shape index (κ2) is 70.8. The average molecular weight is 1160 g/mol. The molecule has 0 heterocycles. The molecular formula is C77H134O6. The Morgan fingerprint density at radius 1 is 0.253 bits per heavy atom. The lowest BCUT2D eigenvalue weighted by Gasteiger charge is -2.18. The second-order valence-corrected chi connectivity index (χ2v) is 23.8. The third kappa shape index (κ3) is 69.0. The smallest absolute Gasteiger partial charge is 0.306 e. The molecule has 0 bridgehead atoms. The van der Waals surface area contributed by atoms with Crippen molar-refractivity contribution in [3.63, 3.8) is 0 Å². The molecule has 0 aromatic carbocycles. The van der Waals surface area contributed by atoms with Gasteiger partial charge in [-0.1, -0.05) is 311 Å². The minimum Gasteiger partial charge on any atom is -0.462 e. The lowest BCUT2D eigenvalue weighted by molar-refractivity contribution is -0.167. The van der Waals surface area contributed by atoms with Gasteiger partial charge in [0.15, 0.2) is 6.10 Å². The van der Waals surface area contributed by atoms with Crippen molar-refractivity contribution in [3.05, 3.63) is 97.2 Å². The SMILES string of the molecule is CC/C=C\C/C=C\C/C=C\C/C=C\CCCCCCCCCCCCCCCCCCC(=O)OCC(COC(=O)CCCCCCC/C=C\C/C=C\CCCCC)OC(=O)CCCCCCCCCCC/C=C\C/C=C\CCCCCCC. The van der Waals surface area contributed by atoms with Crippen molar-refractivity contribution in [2.24, 2.45) is 0 Å². The molecule has 1 unspecified atom stereocenters. The van der Waals surface area contributed by atoms with E-state index in [2.05, 4.69) is 118 Å². The predicted octanol–water partition coefficient (Wildman–Crippen LogP) is 24.8. The molecule has 0 aromatic heterocycles. The Hall–Kier alpha value is -3.67. The fraction of sp³-hybridized carbons (Fsp3) is 0.753. The Labute approximate surface area is 515 Å². The Bertz CT molecular complexity index is 1610. The van der Waals surface area contributed by atoms with Crippen LogP contribution in [0.4, 0.5) is 0 Å². The van der Waals surface area contributed by atoms with Crippen molar-refractivity contribution in [1.29, 1.82) is 0 Å². The lowest BCUT2D eigenvalue weighted by Crippen LogP contribution is -2.30. The molecule has 0 spiro atoms. The minimum atomic E-state index is -0.787. The normalized spacial score (nSPS) is 12.7. The Morgan fingerprint density at radius 2 is 0.470 bits per heavy atom. The molecule has 6 nitrogen and oxygen atoms in total. The van der Waals surface area contributed by atoms with E-state index in [1.54, 1.807) is 0 Å². The van der Waals surface area contributed by atoms with E-state index in [1.165, 1.54) is 205 Å². The van der Waals surface area contributed by atoms with Crippen LogP contribution in [-0.4, -0.2) is 37.2 Å². The fourth-order valence-corrected chi connectivity index (χ4v) is 10.2. The number of carbonyl (C=O) groups excluding carboxylic acids is 3. The Kier molecular flexibility index (Phi) is 67.7. The van der Waals surface area contributed by atoms with E-state index >= 15 is 0 Å². The van der Waals surface area contributed by atoms with Crippen LogP contribution in [-0.2, 0) is 28.6 Å². The molecule has 0 rings (SSSR count). The molecule has 0 N–H and O–H groups in total. The summed E-state index contributed by atoms with van der Waals surface area (Å²) in [4.78, 5) is 38.5. The number of carbonyl (C=O) groups is 3. The van der Waals surface area contributed by atoms with Gasteiger partial charge in [0.2, 0.25) is 0 Å². The molecule has 0 saturated carbocycles. The van der Waals surface area contributed by atoms with Gasteiger partial charge in [0.25, 0.3) is 0 Å². The maximum Gasteiger partial charge on any atom is 0.306 e. The second-order valence-electron chi connectivity index (χ2n) is 23.8. The van der Waals surface area contributed by atoms with Gasteiger partial charge in [-0.15, -0.1) is 0 Å². The fourth-order valence-electron chi connectivity index (χ4n) is 10.2. The zero-order chi connectivity index (χ0) is 59.9. The summed E-state index contributed by atoms with van der Waals surface area (Å²) in [6, 6.07) is 0. The number of unbranched alkanes of at least 4 members (excludes halogenated alkanes) is 38. The summed E-state index contributed by atoms with van der Waals surface area (Å²) in [6.45, 7) is 6.52. The van der Waals surface area contributed by atoms with E-state index in [9.17, 15) is 14.4 Å². The first-order chi connectivity index (χ1) is 41.0. The quantitative estimate of drug-likeness (QED) is 0.0261. The van der Waals surface area contributed by atoms with Gasteiger partial charge in [-0.2, -0.15) is 0 Å². The Morgan fingerprint density at radius 3 is 0.759 bits per heavy atom. The average Bonchev–Trinajstić information content (AvgIpc) is 3.49. The van der Waals surface area contributed by atoms with Crippen LogP contribution in [0.3, 0.4) is 0 Å². The van der Waals surface area contributed by atoms with Crippen LogP contribution in [0.2, 0.25) is 0 Å². The number of allylic oxidation sites excluding steroid dienone is 16. The van der Waals surface area contributed by atoms with E-state index in [-0.39, 0.29) is 31.1 Å². The van der Waals surface area contributed by atoms with Gasteiger partial charge >= 0.3 is 17.9 Å². The number of esters is 3. The number of ether oxygens (including phenoxy) is 3. The van der Waals surface area contributed by atoms with Crippen LogP contribution < -0.4 is 0 Å². The van der Waals surface area contributed by atoms with Gasteiger partial charge in [-0.05, 0) is 122 Å². The number of hydrogen-bond donors (Lipinski definition) is 0. The molecule has 0 saturated heterocycles. The highest BCUT2D eigenvalue weighted by atomic mass is 16.6. The van der Waals surface area contributed by atoms with Crippen molar-refractivity contribution in [1.82, 2.24) is 0 Å². The molecule has 1 atom stereocenters. The summed E-state index contributed by atoms with van der Waals surface area (Å²) in [7, 11) is 0. The first kappa shape index (κ1) is 79.3. The lowest BCUT2D eigenvalue weighted by atomic mass is 10.0. The molecule has 0 amide bonds. The van der Waals surface area contributed by atoms with Crippen LogP contribution in [0.25, 0.3) is 0 Å². The van der Waals surface area contributed by atoms with Crippen molar-refractivity contribution in [2.45, 2.75) is 361 Å². The van der Waals surface area contributed by atoms with Gasteiger partial charge in [0, 0.05) is 19.3 Å². The highest BCUT2D eigenvalue weighted by molar-refractivity contribution is 5.71. The zero-order valence-corrected chi connectivity index (χ0v) is 54.9. The van der Waals surface area contributed by atoms with E-state index in [1.807, 2.05) is 0 Å². The van der Waals surface area contributed by atoms with E-state index in [4.69, 9.17) is 14.2 Å². The molecule has 478 valence electrons. The molecule has 83 heavy (non-hydrogen) atoms. The first-order valence-electron chi connectivity index (χ1n) is 35.7. The van der Waals surface area contributed by atoms with E-state index < -0.39 is 6.10 Å². The minimum absolute atomic E-state index is 0.0811. The van der Waals surface area contributed by atoms with Crippen LogP contribution in [0, 0.1) is 0 Å². The largest absolute Gasteiger partial charge is 0.462 e. The molecule has 0 aliphatic heterocycles. The molecule has 6 heteroatoms. The monoisotopic (exact) mass is 1160 g/mol. The van der Waals surface area contributed by atoms with Crippen LogP contribution in [0.1, 0.15) is 355 Å². The van der Waals surface area contributed by atoms with E-state index in [0.29, 0.717) is 19.3 Å². The van der Waals surface area contributed by atoms with Gasteiger partial charge in [-0.3, -0.25) is 14.4 Å². The van der Waals surface area contributed by atoms with Crippen molar-refractivity contribution < 1.29 is 28.6 Å². The van der Waals surface area contributed by atoms with E-state index in [0.717, 1.165) is 109 Å². The first-order valence-corrected chi connectivity index (χ1v) is 35.7. The summed E-state index contributed by atoms with van der Waals surface area (Å²) in [5, 5.41) is 0. The highest BCUT2D eigenvalue weighted by Gasteiger charge is 2.19. The third-order valence-electron chi connectivity index (χ3n) is 15.5. The highest BCUT2D eigenvalue weighted by Crippen LogP contribution is 2.17. The standard InChI is InChI=1S/C77H134O6/c1-4-7-10-13-16-19-22-25-28-30-32-34-35-36-37-38-39-40-41-43-44-46-49-52-55-58-61-64-67-70-76(79)82-73-74(72-81-75(78)69-66-63-60-57-54-51-48-27-24-21-18-15-12-9-6-3)83-77(80)71-68-65-62-59-56-53-50-47-45-42-33-31-29-26-23-20-17-14-11-8-5-2/h7,10,16,18-19,21,23,25-28,31-34,48,74H,4-6,8-9,11-15,17,20,22,24,29-30,35-47,49-73H2,1-3H3/b10-7-,19-16-,21-18-,26-23-,28-25-,33-31-,34-32-,48-27-. The molecule has 0 radical (unpaired) electrons. The van der Waals surface area contributed by atoms with Crippen molar-refractivity contribution >= 4 is 17.9 Å².